The number of nitrogens with one attached hydrogen (secondary N) is 1. The third kappa shape index (κ3) is 2.80. The van der Waals surface area contributed by atoms with Crippen LogP contribution in [0.4, 0.5) is 0 Å². The molecule has 0 saturated heterocycles. The Kier molecular flexibility index (Phi) is 3.63. The molecule has 0 aliphatic carbocycles. The molecule has 1 amide bonds. The smallest absolute Gasteiger partial charge is 0.222 e. The average Bonchev–Trinajstić information content (AvgIpc) is 2.42. The van der Waals surface area contributed by atoms with Crippen molar-refractivity contribution in [3.05, 3.63) is 15.6 Å². The summed E-state index contributed by atoms with van der Waals surface area (Å²) in [5.74, 6) is 0.118. The Bertz CT molecular complexity index is 311. The molecule has 0 aromatic carbocycles. The van der Waals surface area contributed by atoms with E-state index in [1.165, 1.54) is 4.88 Å². The van der Waals surface area contributed by atoms with Gasteiger partial charge in [0.2, 0.25) is 5.91 Å². The highest BCUT2D eigenvalue weighted by Gasteiger charge is 2.08. The molecule has 3 nitrogen and oxygen atoms in total. The van der Waals surface area contributed by atoms with Crippen molar-refractivity contribution in [1.82, 2.24) is 10.3 Å². The van der Waals surface area contributed by atoms with E-state index in [1.807, 2.05) is 27.7 Å². The molecule has 1 aromatic rings. The van der Waals surface area contributed by atoms with Gasteiger partial charge in [-0.05, 0) is 13.8 Å². The van der Waals surface area contributed by atoms with Crippen molar-refractivity contribution in [3.8, 4) is 0 Å². The van der Waals surface area contributed by atoms with Gasteiger partial charge in [0, 0.05) is 10.8 Å². The molecular weight excluding hydrogens is 196 g/mol. The predicted molar refractivity (Wildman–Crippen MR) is 58.3 cm³/mol. The Morgan fingerprint density at radius 3 is 2.57 bits per heavy atom. The maximum absolute atomic E-state index is 11.3. The first-order valence-corrected chi connectivity index (χ1v) is 5.53. The zero-order valence-electron chi connectivity index (χ0n) is 9.05. The van der Waals surface area contributed by atoms with Crippen LogP contribution in [0.2, 0.25) is 0 Å². The Labute approximate surface area is 88.6 Å². The number of carbonyl (C=O) groups is 1. The summed E-state index contributed by atoms with van der Waals surface area (Å²) in [5, 5.41) is 3.83. The van der Waals surface area contributed by atoms with Crippen LogP contribution in [-0.2, 0) is 11.3 Å². The van der Waals surface area contributed by atoms with Crippen molar-refractivity contribution >= 4 is 17.2 Å². The van der Waals surface area contributed by atoms with Crippen molar-refractivity contribution in [2.75, 3.05) is 0 Å². The minimum Gasteiger partial charge on any atom is -0.349 e. The molecule has 0 saturated carbocycles. The van der Waals surface area contributed by atoms with Crippen molar-refractivity contribution in [2.24, 2.45) is 5.92 Å². The normalized spacial score (nSPS) is 10.6. The summed E-state index contributed by atoms with van der Waals surface area (Å²) in [6.45, 7) is 8.35. The summed E-state index contributed by atoms with van der Waals surface area (Å²) in [4.78, 5) is 16.8. The van der Waals surface area contributed by atoms with E-state index in [0.29, 0.717) is 6.54 Å². The monoisotopic (exact) mass is 212 g/mol. The Morgan fingerprint density at radius 2 is 2.14 bits per heavy atom. The number of amides is 1. The lowest BCUT2D eigenvalue weighted by molar-refractivity contribution is -0.124. The average molecular weight is 212 g/mol. The molecule has 1 rings (SSSR count). The molecule has 1 N–H and O–H groups in total. The zero-order chi connectivity index (χ0) is 10.7. The van der Waals surface area contributed by atoms with E-state index in [4.69, 9.17) is 0 Å². The van der Waals surface area contributed by atoms with Crippen LogP contribution in [0.3, 0.4) is 0 Å². The van der Waals surface area contributed by atoms with Gasteiger partial charge in [-0.25, -0.2) is 4.98 Å². The van der Waals surface area contributed by atoms with E-state index in [0.717, 1.165) is 10.7 Å². The SMILES string of the molecule is Cc1nc(CNC(=O)C(C)C)sc1C. The van der Waals surface area contributed by atoms with Gasteiger partial charge >= 0.3 is 0 Å². The second-order valence-electron chi connectivity index (χ2n) is 3.62. The number of rotatable bonds is 3. The van der Waals surface area contributed by atoms with Crippen molar-refractivity contribution in [2.45, 2.75) is 34.2 Å². The number of hydrogen-bond acceptors (Lipinski definition) is 3. The molecule has 0 spiro atoms. The first kappa shape index (κ1) is 11.2. The lowest BCUT2D eigenvalue weighted by Crippen LogP contribution is -2.26. The third-order valence-corrected chi connectivity index (χ3v) is 3.08. The van der Waals surface area contributed by atoms with Crippen LogP contribution in [0.5, 0.6) is 0 Å². The number of nitrogens with zero attached hydrogens (tertiary/aromatic N) is 1. The Morgan fingerprint density at radius 1 is 1.50 bits per heavy atom. The number of hydrogen-bond donors (Lipinski definition) is 1. The molecule has 1 aromatic heterocycles. The summed E-state index contributed by atoms with van der Waals surface area (Å²) in [5.41, 5.74) is 1.06. The topological polar surface area (TPSA) is 42.0 Å². The summed E-state index contributed by atoms with van der Waals surface area (Å²) >= 11 is 1.64. The fourth-order valence-electron chi connectivity index (χ4n) is 0.982. The molecular formula is C10H16N2OS. The highest BCUT2D eigenvalue weighted by molar-refractivity contribution is 7.11. The van der Waals surface area contributed by atoms with Crippen molar-refractivity contribution in [1.29, 1.82) is 0 Å². The highest BCUT2D eigenvalue weighted by atomic mass is 32.1. The molecule has 0 unspecified atom stereocenters. The van der Waals surface area contributed by atoms with Gasteiger partial charge in [0.15, 0.2) is 0 Å². The van der Waals surface area contributed by atoms with Crippen LogP contribution in [0.1, 0.15) is 29.4 Å². The lowest BCUT2D eigenvalue weighted by atomic mass is 10.2. The number of aryl methyl sites for hydroxylation is 2. The summed E-state index contributed by atoms with van der Waals surface area (Å²) in [7, 11) is 0. The van der Waals surface area contributed by atoms with E-state index >= 15 is 0 Å². The molecule has 0 radical (unpaired) electrons. The zero-order valence-corrected chi connectivity index (χ0v) is 9.86. The molecule has 0 atom stereocenters. The molecule has 1 heterocycles. The van der Waals surface area contributed by atoms with Gasteiger partial charge in [-0.2, -0.15) is 0 Å². The minimum atomic E-state index is 0.0390. The van der Waals surface area contributed by atoms with Gasteiger partial charge in [0.1, 0.15) is 5.01 Å². The van der Waals surface area contributed by atoms with Crippen molar-refractivity contribution in [3.63, 3.8) is 0 Å². The number of carbonyl (C=O) groups excluding carboxylic acids is 1. The molecule has 0 aliphatic heterocycles. The second-order valence-corrected chi connectivity index (χ2v) is 4.91. The largest absolute Gasteiger partial charge is 0.349 e. The van der Waals surface area contributed by atoms with Crippen LogP contribution in [0.15, 0.2) is 0 Å². The first-order valence-electron chi connectivity index (χ1n) is 4.71. The van der Waals surface area contributed by atoms with Gasteiger partial charge in [0.05, 0.1) is 12.2 Å². The molecule has 0 bridgehead atoms. The Hall–Kier alpha value is -0.900. The van der Waals surface area contributed by atoms with Crippen LogP contribution >= 0.6 is 11.3 Å². The third-order valence-electron chi connectivity index (χ3n) is 2.01. The summed E-state index contributed by atoms with van der Waals surface area (Å²) in [6, 6.07) is 0. The fourth-order valence-corrected chi connectivity index (χ4v) is 1.86. The summed E-state index contributed by atoms with van der Waals surface area (Å²) < 4.78 is 0. The Balaban J connectivity index is 2.50. The molecule has 0 fully saturated rings. The predicted octanol–water partition coefficient (Wildman–Crippen LogP) is 2.03. The number of thiazole rings is 1. The van der Waals surface area contributed by atoms with Crippen LogP contribution < -0.4 is 5.32 Å². The minimum absolute atomic E-state index is 0.0390. The van der Waals surface area contributed by atoms with Crippen LogP contribution in [0.25, 0.3) is 0 Å². The summed E-state index contributed by atoms with van der Waals surface area (Å²) in [6.07, 6.45) is 0. The standard InChI is InChI=1S/C10H16N2OS/c1-6(2)10(13)11-5-9-12-7(3)8(4)14-9/h6H,5H2,1-4H3,(H,11,13). The quantitative estimate of drug-likeness (QED) is 0.833. The van der Waals surface area contributed by atoms with Crippen LogP contribution in [0, 0.1) is 19.8 Å². The van der Waals surface area contributed by atoms with Gasteiger partial charge in [-0.15, -0.1) is 11.3 Å². The van der Waals surface area contributed by atoms with Crippen molar-refractivity contribution < 1.29 is 4.79 Å². The highest BCUT2D eigenvalue weighted by Crippen LogP contribution is 2.15. The van der Waals surface area contributed by atoms with E-state index in [2.05, 4.69) is 10.3 Å². The molecule has 4 heteroatoms. The van der Waals surface area contributed by atoms with Gasteiger partial charge in [-0.1, -0.05) is 13.8 Å². The fraction of sp³-hybridized carbons (Fsp3) is 0.600. The van der Waals surface area contributed by atoms with E-state index in [1.54, 1.807) is 11.3 Å². The first-order chi connectivity index (χ1) is 6.50. The lowest BCUT2D eigenvalue weighted by Gasteiger charge is -2.04. The van der Waals surface area contributed by atoms with Gasteiger partial charge < -0.3 is 5.32 Å². The maximum atomic E-state index is 11.3. The maximum Gasteiger partial charge on any atom is 0.222 e. The van der Waals surface area contributed by atoms with Gasteiger partial charge in [-0.3, -0.25) is 4.79 Å². The molecule has 14 heavy (non-hydrogen) atoms. The van der Waals surface area contributed by atoms with Gasteiger partial charge in [0.25, 0.3) is 0 Å². The van der Waals surface area contributed by atoms with E-state index in [-0.39, 0.29) is 11.8 Å². The van der Waals surface area contributed by atoms with E-state index < -0.39 is 0 Å². The molecule has 0 aliphatic rings. The number of aromatic nitrogens is 1. The van der Waals surface area contributed by atoms with Crippen LogP contribution in [-0.4, -0.2) is 10.9 Å². The van der Waals surface area contributed by atoms with E-state index in [9.17, 15) is 4.79 Å². The second kappa shape index (κ2) is 4.55. The molecule has 78 valence electrons.